The van der Waals surface area contributed by atoms with E-state index in [4.69, 9.17) is 9.52 Å². The van der Waals surface area contributed by atoms with E-state index in [-0.39, 0.29) is 5.76 Å². The predicted molar refractivity (Wildman–Crippen MR) is 72.5 cm³/mol. The van der Waals surface area contributed by atoms with Crippen molar-refractivity contribution >= 4 is 12.2 Å². The Kier molecular flexibility index (Phi) is 10.7. The van der Waals surface area contributed by atoms with E-state index >= 15 is 0 Å². The number of allylic oxidation sites excluding steroid dienone is 1. The number of aliphatic hydroxyl groups excluding tert-OH is 1. The standard InChI is InChI=1S/C10H12O2.2C2H6/c1-4-10-9(5-7(2)11)6-8(3)12-10;2*1-2/h4-6,11H,1H2,2-3H3;2*1-2H3/b7-5+;;. The Bertz CT molecular complexity index is 315. The fourth-order valence-corrected chi connectivity index (χ4v) is 1.05. The number of rotatable bonds is 2. The van der Waals surface area contributed by atoms with E-state index in [2.05, 4.69) is 6.58 Å². The van der Waals surface area contributed by atoms with Crippen LogP contribution < -0.4 is 0 Å². The Morgan fingerprint density at radius 3 is 2.19 bits per heavy atom. The molecule has 1 N–H and O–H groups in total. The molecule has 1 heterocycles. The minimum atomic E-state index is 0.263. The highest BCUT2D eigenvalue weighted by Crippen LogP contribution is 2.18. The molecule has 0 aliphatic carbocycles. The molecule has 1 rings (SSSR count). The van der Waals surface area contributed by atoms with Crippen LogP contribution in [0.3, 0.4) is 0 Å². The Labute approximate surface area is 99.3 Å². The lowest BCUT2D eigenvalue weighted by molar-refractivity contribution is 0.419. The molecule has 0 saturated carbocycles. The zero-order valence-electron chi connectivity index (χ0n) is 11.3. The van der Waals surface area contributed by atoms with Gasteiger partial charge < -0.3 is 9.52 Å². The van der Waals surface area contributed by atoms with E-state index in [0.717, 1.165) is 11.3 Å². The van der Waals surface area contributed by atoms with Gasteiger partial charge in [0.15, 0.2) is 0 Å². The van der Waals surface area contributed by atoms with Gasteiger partial charge in [0.25, 0.3) is 0 Å². The molecule has 1 aromatic rings. The predicted octanol–water partition coefficient (Wildman–Crippen LogP) is 5.20. The van der Waals surface area contributed by atoms with Gasteiger partial charge in [-0.1, -0.05) is 34.3 Å². The minimum absolute atomic E-state index is 0.263. The van der Waals surface area contributed by atoms with Crippen molar-refractivity contribution in [1.82, 2.24) is 0 Å². The van der Waals surface area contributed by atoms with Crippen molar-refractivity contribution in [3.8, 4) is 0 Å². The molecule has 2 heteroatoms. The lowest BCUT2D eigenvalue weighted by atomic mass is 10.2. The van der Waals surface area contributed by atoms with E-state index < -0.39 is 0 Å². The smallest absolute Gasteiger partial charge is 0.133 e. The van der Waals surface area contributed by atoms with E-state index in [1.54, 1.807) is 19.1 Å². The van der Waals surface area contributed by atoms with Crippen LogP contribution in [0.4, 0.5) is 0 Å². The summed E-state index contributed by atoms with van der Waals surface area (Å²) >= 11 is 0. The van der Waals surface area contributed by atoms with E-state index in [0.29, 0.717) is 5.76 Å². The molecule has 92 valence electrons. The van der Waals surface area contributed by atoms with E-state index in [1.165, 1.54) is 0 Å². The number of hydrogen-bond donors (Lipinski definition) is 1. The lowest BCUT2D eigenvalue weighted by Crippen LogP contribution is -1.73. The maximum Gasteiger partial charge on any atom is 0.133 e. The van der Waals surface area contributed by atoms with Crippen LogP contribution in [0.25, 0.3) is 12.2 Å². The number of furan rings is 1. The van der Waals surface area contributed by atoms with Crippen LogP contribution in [-0.4, -0.2) is 5.11 Å². The molecule has 0 fully saturated rings. The van der Waals surface area contributed by atoms with Gasteiger partial charge in [0.2, 0.25) is 0 Å². The van der Waals surface area contributed by atoms with Gasteiger partial charge in [0, 0.05) is 5.56 Å². The van der Waals surface area contributed by atoms with Crippen LogP contribution in [0.5, 0.6) is 0 Å². The van der Waals surface area contributed by atoms with Crippen LogP contribution in [0.1, 0.15) is 51.7 Å². The molecule has 0 aliphatic rings. The average molecular weight is 224 g/mol. The molecule has 0 aromatic carbocycles. The highest BCUT2D eigenvalue weighted by molar-refractivity contribution is 5.61. The van der Waals surface area contributed by atoms with Crippen molar-refractivity contribution in [2.24, 2.45) is 0 Å². The molecule has 0 saturated heterocycles. The second-order valence-electron chi connectivity index (χ2n) is 2.67. The van der Waals surface area contributed by atoms with Gasteiger partial charge in [-0.3, -0.25) is 0 Å². The summed E-state index contributed by atoms with van der Waals surface area (Å²) in [7, 11) is 0. The van der Waals surface area contributed by atoms with Crippen molar-refractivity contribution in [3.63, 3.8) is 0 Å². The van der Waals surface area contributed by atoms with E-state index in [1.807, 2.05) is 40.7 Å². The third-order valence-electron chi connectivity index (χ3n) is 1.46. The van der Waals surface area contributed by atoms with Crippen molar-refractivity contribution in [1.29, 1.82) is 0 Å². The maximum atomic E-state index is 9.02. The highest BCUT2D eigenvalue weighted by Gasteiger charge is 2.02. The summed E-state index contributed by atoms with van der Waals surface area (Å²) < 4.78 is 5.29. The summed E-state index contributed by atoms with van der Waals surface area (Å²) in [4.78, 5) is 0. The van der Waals surface area contributed by atoms with Crippen molar-refractivity contribution in [3.05, 3.63) is 35.5 Å². The Morgan fingerprint density at radius 1 is 1.31 bits per heavy atom. The fourth-order valence-electron chi connectivity index (χ4n) is 1.05. The first-order valence-corrected chi connectivity index (χ1v) is 5.73. The van der Waals surface area contributed by atoms with Gasteiger partial charge in [-0.25, -0.2) is 0 Å². The molecule has 0 amide bonds. The molecule has 16 heavy (non-hydrogen) atoms. The monoisotopic (exact) mass is 224 g/mol. The van der Waals surface area contributed by atoms with Crippen LogP contribution in [-0.2, 0) is 0 Å². The molecule has 0 spiro atoms. The van der Waals surface area contributed by atoms with Crippen LogP contribution in [0.2, 0.25) is 0 Å². The summed E-state index contributed by atoms with van der Waals surface area (Å²) in [5.74, 6) is 1.78. The first-order valence-electron chi connectivity index (χ1n) is 5.73. The van der Waals surface area contributed by atoms with Gasteiger partial charge in [-0.05, 0) is 32.1 Å². The Hall–Kier alpha value is -1.44. The summed E-state index contributed by atoms with van der Waals surface area (Å²) in [5.41, 5.74) is 0.863. The number of aliphatic hydroxyl groups is 1. The van der Waals surface area contributed by atoms with Gasteiger partial charge in [-0.2, -0.15) is 0 Å². The molecule has 0 bridgehead atoms. The molecule has 0 aliphatic heterocycles. The quantitative estimate of drug-likeness (QED) is 0.700. The van der Waals surface area contributed by atoms with E-state index in [9.17, 15) is 0 Å². The van der Waals surface area contributed by atoms with Gasteiger partial charge in [0.05, 0.1) is 5.76 Å². The van der Waals surface area contributed by atoms with Crippen LogP contribution in [0, 0.1) is 6.92 Å². The lowest BCUT2D eigenvalue weighted by Gasteiger charge is -1.89. The average Bonchev–Trinajstić information content (AvgIpc) is 2.63. The van der Waals surface area contributed by atoms with Crippen molar-refractivity contribution < 1.29 is 9.52 Å². The minimum Gasteiger partial charge on any atom is -0.513 e. The molecular formula is C14H24O2. The molecular weight excluding hydrogens is 200 g/mol. The second kappa shape index (κ2) is 10.1. The van der Waals surface area contributed by atoms with Crippen LogP contribution in [0.15, 0.2) is 22.8 Å². The Balaban J connectivity index is 0. The highest BCUT2D eigenvalue weighted by atomic mass is 16.3. The molecule has 2 nitrogen and oxygen atoms in total. The summed E-state index contributed by atoms with van der Waals surface area (Å²) in [6.07, 6.45) is 3.27. The third kappa shape index (κ3) is 6.12. The SMILES string of the molecule is C=Cc1oc(C)cc1/C=C(\C)O.CC.CC. The summed E-state index contributed by atoms with van der Waals surface area (Å²) in [6, 6.07) is 1.86. The summed E-state index contributed by atoms with van der Waals surface area (Å²) in [5, 5.41) is 9.02. The zero-order chi connectivity index (χ0) is 13.1. The number of hydrogen-bond acceptors (Lipinski definition) is 2. The van der Waals surface area contributed by atoms with Gasteiger partial charge in [0.1, 0.15) is 11.5 Å². The Morgan fingerprint density at radius 2 is 1.81 bits per heavy atom. The topological polar surface area (TPSA) is 33.4 Å². The fraction of sp³-hybridized carbons (Fsp3) is 0.429. The number of aryl methyl sites for hydroxylation is 1. The van der Waals surface area contributed by atoms with Gasteiger partial charge in [-0.15, -0.1) is 0 Å². The normalized spacial score (nSPS) is 9.50. The molecule has 0 unspecified atom stereocenters. The first-order chi connectivity index (χ1) is 7.63. The first kappa shape index (κ1) is 17.0. The zero-order valence-corrected chi connectivity index (χ0v) is 11.3. The summed E-state index contributed by atoms with van der Waals surface area (Å²) in [6.45, 7) is 15.1. The van der Waals surface area contributed by atoms with Crippen molar-refractivity contribution in [2.45, 2.75) is 41.5 Å². The molecule has 1 aromatic heterocycles. The maximum absolute atomic E-state index is 9.02. The second-order valence-corrected chi connectivity index (χ2v) is 2.67. The largest absolute Gasteiger partial charge is 0.513 e. The van der Waals surface area contributed by atoms with Gasteiger partial charge >= 0.3 is 0 Å². The molecule has 0 atom stereocenters. The van der Waals surface area contributed by atoms with Crippen LogP contribution >= 0.6 is 0 Å². The third-order valence-corrected chi connectivity index (χ3v) is 1.46. The molecule has 0 radical (unpaired) electrons. The van der Waals surface area contributed by atoms with Crippen molar-refractivity contribution in [2.75, 3.05) is 0 Å².